The molecule has 138 valence electrons. The molecular formula is C21H20ClN3O2. The number of nitrogens with one attached hydrogen (secondary N) is 1. The Labute approximate surface area is 162 Å². The van der Waals surface area contributed by atoms with Crippen molar-refractivity contribution in [1.29, 1.82) is 0 Å². The van der Waals surface area contributed by atoms with Gasteiger partial charge in [0.2, 0.25) is 5.91 Å². The maximum absolute atomic E-state index is 12.1. The van der Waals surface area contributed by atoms with Crippen molar-refractivity contribution in [2.24, 2.45) is 0 Å². The summed E-state index contributed by atoms with van der Waals surface area (Å²) >= 11 is 5.94. The van der Waals surface area contributed by atoms with Gasteiger partial charge in [0.25, 0.3) is 0 Å². The maximum Gasteiger partial charge on any atom is 0.248 e. The van der Waals surface area contributed by atoms with Crippen LogP contribution >= 0.6 is 11.6 Å². The van der Waals surface area contributed by atoms with E-state index in [-0.39, 0.29) is 12.1 Å². The zero-order valence-electron chi connectivity index (χ0n) is 14.8. The van der Waals surface area contributed by atoms with Crippen LogP contribution in [0.3, 0.4) is 0 Å². The van der Waals surface area contributed by atoms with Gasteiger partial charge < -0.3 is 10.1 Å². The zero-order valence-corrected chi connectivity index (χ0v) is 15.5. The Kier molecular flexibility index (Phi) is 5.23. The number of rotatable bonds is 4. The summed E-state index contributed by atoms with van der Waals surface area (Å²) in [5.74, 6) is -0.207. The summed E-state index contributed by atoms with van der Waals surface area (Å²) in [7, 11) is 0. The van der Waals surface area contributed by atoms with Crippen LogP contribution in [0, 0.1) is 0 Å². The molecule has 0 saturated carbocycles. The van der Waals surface area contributed by atoms with Crippen LogP contribution in [-0.4, -0.2) is 22.3 Å². The number of halogens is 1. The minimum atomic E-state index is -0.207. The van der Waals surface area contributed by atoms with Crippen molar-refractivity contribution in [3.63, 3.8) is 0 Å². The highest BCUT2D eigenvalue weighted by atomic mass is 35.5. The molecular weight excluding hydrogens is 362 g/mol. The molecule has 1 aliphatic rings. The van der Waals surface area contributed by atoms with Crippen molar-refractivity contribution in [2.75, 3.05) is 11.9 Å². The van der Waals surface area contributed by atoms with E-state index in [2.05, 4.69) is 10.4 Å². The van der Waals surface area contributed by atoms with Crippen LogP contribution < -0.4 is 5.32 Å². The van der Waals surface area contributed by atoms with E-state index < -0.39 is 0 Å². The molecule has 1 unspecified atom stereocenters. The topological polar surface area (TPSA) is 56.2 Å². The molecule has 2 heterocycles. The van der Waals surface area contributed by atoms with E-state index in [1.165, 1.54) is 6.08 Å². The second-order valence-corrected chi connectivity index (χ2v) is 7.00. The monoisotopic (exact) mass is 381 g/mol. The van der Waals surface area contributed by atoms with Gasteiger partial charge in [-0.05, 0) is 55.2 Å². The summed E-state index contributed by atoms with van der Waals surface area (Å²) in [6.45, 7) is 0.773. The highest BCUT2D eigenvalue weighted by Crippen LogP contribution is 2.27. The molecule has 0 bridgehead atoms. The fourth-order valence-electron chi connectivity index (χ4n) is 3.23. The van der Waals surface area contributed by atoms with Gasteiger partial charge in [0.05, 0.1) is 11.7 Å². The lowest BCUT2D eigenvalue weighted by molar-refractivity contribution is -0.111. The van der Waals surface area contributed by atoms with E-state index in [1.807, 2.05) is 29.1 Å². The molecule has 1 atom stereocenters. The molecule has 1 fully saturated rings. The zero-order chi connectivity index (χ0) is 18.6. The first-order chi connectivity index (χ1) is 13.2. The Hall–Kier alpha value is -2.63. The number of hydrogen-bond acceptors (Lipinski definition) is 3. The normalized spacial score (nSPS) is 17.4. The van der Waals surface area contributed by atoms with Crippen LogP contribution in [0.5, 0.6) is 0 Å². The number of nitrogens with zero attached hydrogens (tertiary/aromatic N) is 2. The molecule has 1 aromatic heterocycles. The highest BCUT2D eigenvalue weighted by molar-refractivity contribution is 6.30. The lowest BCUT2D eigenvalue weighted by Gasteiger charge is -2.23. The van der Waals surface area contributed by atoms with Crippen molar-refractivity contribution >= 4 is 40.2 Å². The summed E-state index contributed by atoms with van der Waals surface area (Å²) in [6, 6.07) is 13.1. The molecule has 0 aliphatic carbocycles. The molecule has 1 amide bonds. The van der Waals surface area contributed by atoms with Crippen molar-refractivity contribution in [3.8, 4) is 0 Å². The van der Waals surface area contributed by atoms with Crippen LogP contribution in [0.15, 0.2) is 54.7 Å². The number of amides is 1. The van der Waals surface area contributed by atoms with Gasteiger partial charge >= 0.3 is 0 Å². The number of benzene rings is 2. The first-order valence-electron chi connectivity index (χ1n) is 9.02. The average molecular weight is 382 g/mol. The highest BCUT2D eigenvalue weighted by Gasteiger charge is 2.18. The summed E-state index contributed by atoms with van der Waals surface area (Å²) < 4.78 is 7.79. The van der Waals surface area contributed by atoms with E-state index in [9.17, 15) is 4.79 Å². The van der Waals surface area contributed by atoms with E-state index in [0.29, 0.717) is 10.7 Å². The summed E-state index contributed by atoms with van der Waals surface area (Å²) in [6.07, 6.45) is 8.37. The summed E-state index contributed by atoms with van der Waals surface area (Å²) in [5.41, 5.74) is 2.61. The molecule has 4 rings (SSSR count). The number of hydrogen-bond donors (Lipinski definition) is 1. The molecule has 1 saturated heterocycles. The van der Waals surface area contributed by atoms with Crippen molar-refractivity contribution < 1.29 is 9.53 Å². The van der Waals surface area contributed by atoms with E-state index >= 15 is 0 Å². The van der Waals surface area contributed by atoms with Crippen molar-refractivity contribution in [2.45, 2.75) is 25.5 Å². The fraction of sp³-hybridized carbons (Fsp3) is 0.238. The van der Waals surface area contributed by atoms with Crippen LogP contribution in [0.2, 0.25) is 5.02 Å². The number of ether oxygens (including phenoxy) is 1. The Morgan fingerprint density at radius 2 is 2.19 bits per heavy atom. The molecule has 0 radical (unpaired) electrons. The third-order valence-electron chi connectivity index (χ3n) is 4.57. The van der Waals surface area contributed by atoms with Gasteiger partial charge in [0.1, 0.15) is 0 Å². The van der Waals surface area contributed by atoms with Gasteiger partial charge in [0.15, 0.2) is 6.23 Å². The molecule has 3 aromatic rings. The smallest absolute Gasteiger partial charge is 0.248 e. The van der Waals surface area contributed by atoms with Crippen LogP contribution in [0.4, 0.5) is 5.69 Å². The van der Waals surface area contributed by atoms with Crippen LogP contribution in [-0.2, 0) is 9.53 Å². The Morgan fingerprint density at radius 1 is 1.26 bits per heavy atom. The van der Waals surface area contributed by atoms with Gasteiger partial charge in [-0.2, -0.15) is 5.10 Å². The first-order valence-corrected chi connectivity index (χ1v) is 9.40. The van der Waals surface area contributed by atoms with Gasteiger partial charge in [-0.25, -0.2) is 4.68 Å². The number of fused-ring (bicyclic) bond motifs is 1. The Bertz CT molecular complexity index is 990. The van der Waals surface area contributed by atoms with Crippen molar-refractivity contribution in [3.05, 3.63) is 65.3 Å². The second kappa shape index (κ2) is 7.94. The number of carbonyl (C=O) groups is 1. The summed E-state index contributed by atoms with van der Waals surface area (Å²) in [5, 5.41) is 8.94. The molecule has 0 spiro atoms. The lowest BCUT2D eigenvalue weighted by Crippen LogP contribution is -2.18. The Balaban J connectivity index is 1.51. The molecule has 1 N–H and O–H groups in total. The largest absolute Gasteiger partial charge is 0.356 e. The maximum atomic E-state index is 12.1. The second-order valence-electron chi connectivity index (χ2n) is 6.56. The molecule has 2 aromatic carbocycles. The molecule has 5 nitrogen and oxygen atoms in total. The number of aromatic nitrogens is 2. The lowest BCUT2D eigenvalue weighted by atomic mass is 10.1. The quantitative estimate of drug-likeness (QED) is 0.644. The molecule has 27 heavy (non-hydrogen) atoms. The average Bonchev–Trinajstić information content (AvgIpc) is 3.10. The standard InChI is InChI=1S/C21H20ClN3O2/c22-17-4-3-5-18(13-17)24-20(26)10-8-15-7-9-16-14-23-25(19(16)12-15)21-6-1-2-11-27-21/h3-5,7-10,12-14,21H,1-2,6,11H2,(H,24,26)/b10-8+. The van der Waals surface area contributed by atoms with Gasteiger partial charge in [0, 0.05) is 28.8 Å². The van der Waals surface area contributed by atoms with Crippen LogP contribution in [0.25, 0.3) is 17.0 Å². The fourth-order valence-corrected chi connectivity index (χ4v) is 3.42. The van der Waals surface area contributed by atoms with E-state index in [0.717, 1.165) is 42.3 Å². The molecule has 1 aliphatic heterocycles. The SMILES string of the molecule is O=C(/C=C/c1ccc2cnn(C3CCCCO3)c2c1)Nc1cccc(Cl)c1. The minimum Gasteiger partial charge on any atom is -0.356 e. The minimum absolute atomic E-state index is 0.0124. The number of carbonyl (C=O) groups excluding carboxylic acids is 1. The third kappa shape index (κ3) is 4.21. The van der Waals surface area contributed by atoms with Crippen LogP contribution in [0.1, 0.15) is 31.1 Å². The predicted molar refractivity (Wildman–Crippen MR) is 108 cm³/mol. The van der Waals surface area contributed by atoms with Crippen molar-refractivity contribution in [1.82, 2.24) is 9.78 Å². The first kappa shape index (κ1) is 17.8. The predicted octanol–water partition coefficient (Wildman–Crippen LogP) is 5.04. The van der Waals surface area contributed by atoms with E-state index in [4.69, 9.17) is 16.3 Å². The van der Waals surface area contributed by atoms with Gasteiger partial charge in [-0.1, -0.05) is 29.8 Å². The summed E-state index contributed by atoms with van der Waals surface area (Å²) in [4.78, 5) is 12.1. The van der Waals surface area contributed by atoms with Gasteiger partial charge in [-0.3, -0.25) is 4.79 Å². The molecule has 6 heteroatoms. The number of anilines is 1. The van der Waals surface area contributed by atoms with Gasteiger partial charge in [-0.15, -0.1) is 0 Å². The Morgan fingerprint density at radius 3 is 3.00 bits per heavy atom. The third-order valence-corrected chi connectivity index (χ3v) is 4.81. The van der Waals surface area contributed by atoms with E-state index in [1.54, 1.807) is 30.3 Å².